The van der Waals surface area contributed by atoms with Crippen LogP contribution in [0.4, 0.5) is 0 Å². The van der Waals surface area contributed by atoms with Crippen molar-refractivity contribution >= 4 is 12.2 Å². The third-order valence-electron chi connectivity index (χ3n) is 2.97. The maximum absolute atomic E-state index is 11.9. The summed E-state index contributed by atoms with van der Waals surface area (Å²) in [5.41, 5.74) is -0.280. The molecular formula is C12H21NO2. The molecule has 1 amide bonds. The molecule has 1 aliphatic rings. The van der Waals surface area contributed by atoms with Gasteiger partial charge in [-0.05, 0) is 18.8 Å². The number of hydrogen-bond donors (Lipinski definition) is 0. The van der Waals surface area contributed by atoms with Gasteiger partial charge in [-0.15, -0.1) is 0 Å². The van der Waals surface area contributed by atoms with E-state index in [2.05, 4.69) is 0 Å². The molecule has 0 atom stereocenters. The zero-order valence-corrected chi connectivity index (χ0v) is 9.95. The van der Waals surface area contributed by atoms with Crippen molar-refractivity contribution in [3.63, 3.8) is 0 Å². The molecule has 0 spiro atoms. The summed E-state index contributed by atoms with van der Waals surface area (Å²) < 4.78 is 0. The number of aldehydes is 1. The largest absolute Gasteiger partial charge is 0.342 e. The molecule has 0 aromatic carbocycles. The van der Waals surface area contributed by atoms with Gasteiger partial charge in [0.15, 0.2) is 0 Å². The van der Waals surface area contributed by atoms with E-state index in [1.54, 1.807) is 0 Å². The van der Waals surface area contributed by atoms with Crippen molar-refractivity contribution in [2.24, 2.45) is 11.3 Å². The first kappa shape index (κ1) is 12.2. The summed E-state index contributed by atoms with van der Waals surface area (Å²) in [4.78, 5) is 24.2. The van der Waals surface area contributed by atoms with Crippen LogP contribution in [0, 0.1) is 11.3 Å². The van der Waals surface area contributed by atoms with Crippen LogP contribution in [0.25, 0.3) is 0 Å². The predicted octanol–water partition coefficient (Wildman–Crippen LogP) is 1.86. The van der Waals surface area contributed by atoms with Crippen molar-refractivity contribution in [1.82, 2.24) is 4.90 Å². The molecule has 0 saturated carbocycles. The molecule has 1 aliphatic heterocycles. The second-order valence-corrected chi connectivity index (χ2v) is 5.39. The van der Waals surface area contributed by atoms with Crippen LogP contribution in [0.15, 0.2) is 0 Å². The Morgan fingerprint density at radius 3 is 2.27 bits per heavy atom. The first-order valence-corrected chi connectivity index (χ1v) is 5.68. The molecule has 0 aromatic rings. The monoisotopic (exact) mass is 211 g/mol. The Morgan fingerprint density at radius 1 is 1.33 bits per heavy atom. The van der Waals surface area contributed by atoms with Gasteiger partial charge in [0.05, 0.1) is 0 Å². The highest BCUT2D eigenvalue weighted by Crippen LogP contribution is 2.24. The molecule has 15 heavy (non-hydrogen) atoms. The molecule has 0 aromatic heterocycles. The Kier molecular flexibility index (Phi) is 3.89. The predicted molar refractivity (Wildman–Crippen MR) is 59.4 cm³/mol. The van der Waals surface area contributed by atoms with Crippen LogP contribution in [-0.4, -0.2) is 30.2 Å². The van der Waals surface area contributed by atoms with Crippen molar-refractivity contribution in [1.29, 1.82) is 0 Å². The van der Waals surface area contributed by atoms with E-state index in [4.69, 9.17) is 0 Å². The molecule has 1 rings (SSSR count). The van der Waals surface area contributed by atoms with Crippen molar-refractivity contribution in [3.05, 3.63) is 0 Å². The number of carbonyl (C=O) groups is 2. The summed E-state index contributed by atoms with van der Waals surface area (Å²) in [5, 5.41) is 0. The van der Waals surface area contributed by atoms with Crippen LogP contribution in [0.1, 0.15) is 40.0 Å². The number of hydrogen-bond acceptors (Lipinski definition) is 2. The second kappa shape index (κ2) is 4.77. The first-order valence-electron chi connectivity index (χ1n) is 5.68. The van der Waals surface area contributed by atoms with Gasteiger partial charge in [-0.2, -0.15) is 0 Å². The standard InChI is InChI=1S/C12H21NO2/c1-12(2,3)11(15)13-7-4-10(5-8-13)6-9-14/h9-10H,4-8H2,1-3H3. The molecule has 3 heteroatoms. The fourth-order valence-electron chi connectivity index (χ4n) is 1.98. The smallest absolute Gasteiger partial charge is 0.227 e. The Labute approximate surface area is 91.8 Å². The van der Waals surface area contributed by atoms with Gasteiger partial charge in [-0.25, -0.2) is 0 Å². The highest BCUT2D eigenvalue weighted by molar-refractivity contribution is 5.81. The van der Waals surface area contributed by atoms with Crippen LogP contribution in [0.3, 0.4) is 0 Å². The Hall–Kier alpha value is -0.860. The van der Waals surface area contributed by atoms with Gasteiger partial charge in [0.2, 0.25) is 5.91 Å². The Morgan fingerprint density at radius 2 is 1.87 bits per heavy atom. The molecular weight excluding hydrogens is 190 g/mol. The minimum absolute atomic E-state index is 0.229. The number of carbonyl (C=O) groups excluding carboxylic acids is 2. The lowest BCUT2D eigenvalue weighted by Crippen LogP contribution is -2.44. The lowest BCUT2D eigenvalue weighted by molar-refractivity contribution is -0.140. The number of rotatable bonds is 2. The Balaban J connectivity index is 2.44. The van der Waals surface area contributed by atoms with E-state index < -0.39 is 0 Å². The van der Waals surface area contributed by atoms with Gasteiger partial charge < -0.3 is 9.69 Å². The lowest BCUT2D eigenvalue weighted by Gasteiger charge is -2.35. The highest BCUT2D eigenvalue weighted by atomic mass is 16.2. The average molecular weight is 211 g/mol. The van der Waals surface area contributed by atoms with Gasteiger partial charge in [0.25, 0.3) is 0 Å². The summed E-state index contributed by atoms with van der Waals surface area (Å²) in [6, 6.07) is 0. The fourth-order valence-corrected chi connectivity index (χ4v) is 1.98. The molecule has 0 unspecified atom stereocenters. The van der Waals surface area contributed by atoms with Crippen LogP contribution in [-0.2, 0) is 9.59 Å². The maximum atomic E-state index is 11.9. The van der Waals surface area contributed by atoms with E-state index in [-0.39, 0.29) is 11.3 Å². The van der Waals surface area contributed by atoms with Gasteiger partial charge in [0.1, 0.15) is 6.29 Å². The van der Waals surface area contributed by atoms with E-state index in [0.29, 0.717) is 12.3 Å². The average Bonchev–Trinajstić information content (AvgIpc) is 2.17. The summed E-state index contributed by atoms with van der Waals surface area (Å²) in [6.45, 7) is 7.48. The summed E-state index contributed by atoms with van der Waals surface area (Å²) >= 11 is 0. The Bertz CT molecular complexity index is 234. The molecule has 0 N–H and O–H groups in total. The van der Waals surface area contributed by atoms with Crippen LogP contribution >= 0.6 is 0 Å². The molecule has 1 fully saturated rings. The summed E-state index contributed by atoms with van der Waals surface area (Å²) in [6.07, 6.45) is 3.59. The van der Waals surface area contributed by atoms with E-state index in [1.807, 2.05) is 25.7 Å². The molecule has 86 valence electrons. The van der Waals surface area contributed by atoms with E-state index in [9.17, 15) is 9.59 Å². The van der Waals surface area contributed by atoms with Crippen LogP contribution in [0.5, 0.6) is 0 Å². The van der Waals surface area contributed by atoms with E-state index in [0.717, 1.165) is 32.2 Å². The minimum Gasteiger partial charge on any atom is -0.342 e. The molecule has 3 nitrogen and oxygen atoms in total. The number of piperidine rings is 1. The first-order chi connectivity index (χ1) is 6.95. The number of nitrogens with zero attached hydrogens (tertiary/aromatic N) is 1. The van der Waals surface area contributed by atoms with Gasteiger partial charge >= 0.3 is 0 Å². The van der Waals surface area contributed by atoms with Crippen molar-refractivity contribution in [2.45, 2.75) is 40.0 Å². The quantitative estimate of drug-likeness (QED) is 0.654. The zero-order chi connectivity index (χ0) is 11.5. The second-order valence-electron chi connectivity index (χ2n) is 5.39. The minimum atomic E-state index is -0.280. The summed E-state index contributed by atoms with van der Waals surface area (Å²) in [5.74, 6) is 0.721. The maximum Gasteiger partial charge on any atom is 0.227 e. The van der Waals surface area contributed by atoms with E-state index >= 15 is 0 Å². The molecule has 0 aliphatic carbocycles. The molecule has 1 heterocycles. The normalized spacial score (nSPS) is 19.0. The van der Waals surface area contributed by atoms with Crippen molar-refractivity contribution in [2.75, 3.05) is 13.1 Å². The third-order valence-corrected chi connectivity index (χ3v) is 2.97. The lowest BCUT2D eigenvalue weighted by atomic mass is 9.90. The zero-order valence-electron chi connectivity index (χ0n) is 9.95. The van der Waals surface area contributed by atoms with Crippen LogP contribution in [0.2, 0.25) is 0 Å². The third kappa shape index (κ3) is 3.33. The number of likely N-dealkylation sites (tertiary alicyclic amines) is 1. The highest BCUT2D eigenvalue weighted by Gasteiger charge is 2.29. The van der Waals surface area contributed by atoms with Crippen molar-refractivity contribution in [3.8, 4) is 0 Å². The topological polar surface area (TPSA) is 37.4 Å². The SMILES string of the molecule is CC(C)(C)C(=O)N1CCC(CC=O)CC1. The van der Waals surface area contributed by atoms with Crippen molar-refractivity contribution < 1.29 is 9.59 Å². The van der Waals surface area contributed by atoms with Gasteiger partial charge in [-0.3, -0.25) is 4.79 Å². The molecule has 1 saturated heterocycles. The fraction of sp³-hybridized carbons (Fsp3) is 0.833. The summed E-state index contributed by atoms with van der Waals surface area (Å²) in [7, 11) is 0. The molecule has 0 radical (unpaired) electrons. The number of amides is 1. The molecule has 0 bridgehead atoms. The van der Waals surface area contributed by atoms with E-state index in [1.165, 1.54) is 0 Å². The van der Waals surface area contributed by atoms with Gasteiger partial charge in [0, 0.05) is 24.9 Å². The van der Waals surface area contributed by atoms with Gasteiger partial charge in [-0.1, -0.05) is 20.8 Å². The van der Waals surface area contributed by atoms with Crippen LogP contribution < -0.4 is 0 Å².